The van der Waals surface area contributed by atoms with Crippen LogP contribution in [-0.4, -0.2) is 25.7 Å². The van der Waals surface area contributed by atoms with Crippen LogP contribution in [-0.2, 0) is 6.42 Å². The van der Waals surface area contributed by atoms with Crippen LogP contribution in [0.4, 0.5) is 20.6 Å². The Hall–Kier alpha value is -2.56. The molecular formula is C17H18FN3O. The van der Waals surface area contributed by atoms with Crippen LogP contribution in [0.3, 0.4) is 0 Å². The number of amides is 2. The van der Waals surface area contributed by atoms with Crippen molar-refractivity contribution in [3.05, 3.63) is 59.9 Å². The molecule has 114 valence electrons. The van der Waals surface area contributed by atoms with E-state index in [-0.39, 0.29) is 11.8 Å². The van der Waals surface area contributed by atoms with Crippen molar-refractivity contribution in [3.63, 3.8) is 0 Å². The van der Waals surface area contributed by atoms with Gasteiger partial charge in [0.25, 0.3) is 0 Å². The maximum atomic E-state index is 13.7. The third-order valence-electron chi connectivity index (χ3n) is 3.77. The molecule has 0 radical (unpaired) electrons. The number of hydrogen-bond donors (Lipinski definition) is 2. The number of carbonyl (C=O) groups is 1. The minimum atomic E-state index is -0.232. The van der Waals surface area contributed by atoms with Crippen LogP contribution in [0.1, 0.15) is 5.56 Å². The Morgan fingerprint density at radius 2 is 1.95 bits per heavy atom. The Morgan fingerprint density at radius 3 is 2.77 bits per heavy atom. The third kappa shape index (κ3) is 3.19. The number of fused-ring (bicyclic) bond motifs is 1. The first-order valence-corrected chi connectivity index (χ1v) is 7.36. The first-order chi connectivity index (χ1) is 10.7. The highest BCUT2D eigenvalue weighted by molar-refractivity contribution is 5.89. The molecule has 1 aliphatic rings. The van der Waals surface area contributed by atoms with E-state index in [1.165, 1.54) is 6.07 Å². The van der Waals surface area contributed by atoms with Crippen molar-refractivity contribution < 1.29 is 9.18 Å². The SMILES string of the molecule is O=C(NCCN1CCc2c(F)cccc21)Nc1ccccc1. The lowest BCUT2D eigenvalue weighted by atomic mass is 10.1. The van der Waals surface area contributed by atoms with E-state index in [9.17, 15) is 9.18 Å². The van der Waals surface area contributed by atoms with E-state index in [4.69, 9.17) is 0 Å². The Kier molecular flexibility index (Phi) is 4.23. The Balaban J connectivity index is 1.49. The van der Waals surface area contributed by atoms with Gasteiger partial charge in [0, 0.05) is 36.6 Å². The molecule has 0 saturated heterocycles. The van der Waals surface area contributed by atoms with Crippen LogP contribution in [0.25, 0.3) is 0 Å². The predicted molar refractivity (Wildman–Crippen MR) is 85.8 cm³/mol. The van der Waals surface area contributed by atoms with E-state index in [1.54, 1.807) is 6.07 Å². The normalized spacial score (nSPS) is 12.9. The van der Waals surface area contributed by atoms with Gasteiger partial charge in [0.2, 0.25) is 0 Å². The molecule has 0 bridgehead atoms. The van der Waals surface area contributed by atoms with Gasteiger partial charge in [-0.25, -0.2) is 9.18 Å². The van der Waals surface area contributed by atoms with Crippen LogP contribution in [0.5, 0.6) is 0 Å². The molecule has 0 atom stereocenters. The molecule has 2 N–H and O–H groups in total. The lowest BCUT2D eigenvalue weighted by Gasteiger charge is -2.19. The summed E-state index contributed by atoms with van der Waals surface area (Å²) in [7, 11) is 0. The van der Waals surface area contributed by atoms with Crippen molar-refractivity contribution in [1.82, 2.24) is 5.32 Å². The largest absolute Gasteiger partial charge is 0.369 e. The average molecular weight is 299 g/mol. The second-order valence-electron chi connectivity index (χ2n) is 5.22. The third-order valence-corrected chi connectivity index (χ3v) is 3.77. The van der Waals surface area contributed by atoms with E-state index in [2.05, 4.69) is 15.5 Å². The van der Waals surface area contributed by atoms with E-state index >= 15 is 0 Å². The van der Waals surface area contributed by atoms with E-state index in [0.29, 0.717) is 13.1 Å². The van der Waals surface area contributed by atoms with E-state index in [0.717, 1.165) is 29.9 Å². The number of nitrogens with one attached hydrogen (secondary N) is 2. The molecule has 1 heterocycles. The number of nitrogens with zero attached hydrogens (tertiary/aromatic N) is 1. The van der Waals surface area contributed by atoms with Gasteiger partial charge in [0.1, 0.15) is 5.82 Å². The number of hydrogen-bond acceptors (Lipinski definition) is 2. The van der Waals surface area contributed by atoms with Gasteiger partial charge < -0.3 is 15.5 Å². The van der Waals surface area contributed by atoms with Gasteiger partial charge in [-0.1, -0.05) is 24.3 Å². The number of benzene rings is 2. The van der Waals surface area contributed by atoms with Crippen molar-refractivity contribution in [1.29, 1.82) is 0 Å². The summed E-state index contributed by atoms with van der Waals surface area (Å²) in [6.45, 7) is 1.96. The monoisotopic (exact) mass is 299 g/mol. The van der Waals surface area contributed by atoms with Crippen molar-refractivity contribution in [2.24, 2.45) is 0 Å². The van der Waals surface area contributed by atoms with Gasteiger partial charge in [0.15, 0.2) is 0 Å². The van der Waals surface area contributed by atoms with Gasteiger partial charge >= 0.3 is 6.03 Å². The fourth-order valence-corrected chi connectivity index (χ4v) is 2.69. The summed E-state index contributed by atoms with van der Waals surface area (Å²) in [5.41, 5.74) is 2.47. The summed E-state index contributed by atoms with van der Waals surface area (Å²) in [4.78, 5) is 13.9. The number of anilines is 2. The van der Waals surface area contributed by atoms with Gasteiger partial charge in [-0.2, -0.15) is 0 Å². The van der Waals surface area contributed by atoms with E-state index < -0.39 is 0 Å². The maximum absolute atomic E-state index is 13.7. The van der Waals surface area contributed by atoms with E-state index in [1.807, 2.05) is 36.4 Å². The molecule has 0 unspecified atom stereocenters. The van der Waals surface area contributed by atoms with Crippen molar-refractivity contribution in [3.8, 4) is 0 Å². The molecule has 4 nitrogen and oxygen atoms in total. The first kappa shape index (κ1) is 14.4. The highest BCUT2D eigenvalue weighted by Crippen LogP contribution is 2.29. The number of halogens is 1. The molecule has 3 rings (SSSR count). The molecule has 2 aromatic rings. The molecule has 2 amide bonds. The Labute approximate surface area is 128 Å². The average Bonchev–Trinajstić information content (AvgIpc) is 2.93. The van der Waals surface area contributed by atoms with Crippen LogP contribution in [0.2, 0.25) is 0 Å². The second-order valence-corrected chi connectivity index (χ2v) is 5.22. The first-order valence-electron chi connectivity index (χ1n) is 7.36. The smallest absolute Gasteiger partial charge is 0.319 e. The summed E-state index contributed by atoms with van der Waals surface area (Å²) in [5, 5.41) is 5.58. The van der Waals surface area contributed by atoms with Crippen LogP contribution in [0.15, 0.2) is 48.5 Å². The van der Waals surface area contributed by atoms with Crippen LogP contribution in [0, 0.1) is 5.82 Å². The fourth-order valence-electron chi connectivity index (χ4n) is 2.69. The minimum Gasteiger partial charge on any atom is -0.369 e. The molecule has 5 heteroatoms. The van der Waals surface area contributed by atoms with Crippen LogP contribution >= 0.6 is 0 Å². The summed E-state index contributed by atoms with van der Waals surface area (Å²) in [6.07, 6.45) is 0.720. The van der Waals surface area contributed by atoms with Gasteiger partial charge in [-0.3, -0.25) is 0 Å². The Morgan fingerprint density at radius 1 is 1.14 bits per heavy atom. The molecule has 22 heavy (non-hydrogen) atoms. The molecule has 1 aliphatic heterocycles. The highest BCUT2D eigenvalue weighted by Gasteiger charge is 2.21. The molecule has 0 spiro atoms. The number of para-hydroxylation sites is 1. The van der Waals surface area contributed by atoms with Gasteiger partial charge in [-0.05, 0) is 30.7 Å². The quantitative estimate of drug-likeness (QED) is 0.911. The fraction of sp³-hybridized carbons (Fsp3) is 0.235. The zero-order valence-corrected chi connectivity index (χ0v) is 12.2. The van der Waals surface area contributed by atoms with Crippen molar-refractivity contribution in [2.75, 3.05) is 29.9 Å². The topological polar surface area (TPSA) is 44.4 Å². The van der Waals surface area contributed by atoms with Crippen molar-refractivity contribution in [2.45, 2.75) is 6.42 Å². The molecule has 2 aromatic carbocycles. The molecular weight excluding hydrogens is 281 g/mol. The zero-order chi connectivity index (χ0) is 15.4. The number of rotatable bonds is 4. The van der Waals surface area contributed by atoms with Crippen molar-refractivity contribution >= 4 is 17.4 Å². The number of carbonyl (C=O) groups excluding carboxylic acids is 1. The number of urea groups is 1. The summed E-state index contributed by atoms with van der Waals surface area (Å²) in [5.74, 6) is -0.144. The standard InChI is InChI=1S/C17H18FN3O/c18-15-7-4-8-16-14(15)9-11-21(16)12-10-19-17(22)20-13-5-2-1-3-6-13/h1-8H,9-12H2,(H2,19,20,22). The van der Waals surface area contributed by atoms with Gasteiger partial charge in [-0.15, -0.1) is 0 Å². The molecule has 0 aromatic heterocycles. The minimum absolute atomic E-state index is 0.144. The zero-order valence-electron chi connectivity index (χ0n) is 12.2. The lowest BCUT2D eigenvalue weighted by molar-refractivity contribution is 0.252. The molecule has 0 aliphatic carbocycles. The second kappa shape index (κ2) is 6.47. The molecule has 0 saturated carbocycles. The van der Waals surface area contributed by atoms with Crippen LogP contribution < -0.4 is 15.5 Å². The molecule has 0 fully saturated rings. The van der Waals surface area contributed by atoms with Gasteiger partial charge in [0.05, 0.1) is 0 Å². The maximum Gasteiger partial charge on any atom is 0.319 e. The summed E-state index contributed by atoms with van der Waals surface area (Å²) >= 11 is 0. The highest BCUT2D eigenvalue weighted by atomic mass is 19.1. The Bertz CT molecular complexity index is 660. The predicted octanol–water partition coefficient (Wildman–Crippen LogP) is 3.01. The lowest BCUT2D eigenvalue weighted by Crippen LogP contribution is -2.36. The summed E-state index contributed by atoms with van der Waals surface area (Å²) in [6, 6.07) is 14.2. The summed E-state index contributed by atoms with van der Waals surface area (Å²) < 4.78 is 13.7.